The number of hydrogen-bond donors (Lipinski definition) is 4. The summed E-state index contributed by atoms with van der Waals surface area (Å²) in [7, 11) is -4.72. The number of imidazole rings is 1. The molecule has 47 heavy (non-hydrogen) atoms. The molecule has 4 unspecified atom stereocenters. The van der Waals surface area contributed by atoms with E-state index in [1.807, 2.05) is 0 Å². The third-order valence-corrected chi connectivity index (χ3v) is 9.47. The molecule has 4 aromatic rings. The molecule has 1 fully saturated rings. The van der Waals surface area contributed by atoms with Crippen LogP contribution in [0, 0.1) is 0 Å². The number of alkyl halides is 3. The molecule has 0 bridgehead atoms. The fourth-order valence-electron chi connectivity index (χ4n) is 5.41. The smallest absolute Gasteiger partial charge is 0.459 e. The Bertz CT molecular complexity index is 1830. The monoisotopic (exact) mass is 701 g/mol. The fraction of sp³-hybridized carbons (Fsp3) is 0.393. The Morgan fingerprint density at radius 2 is 2.00 bits per heavy atom. The molecule has 4 N–H and O–H groups in total. The molecular formula is C28H28ClF3N5O9P. The molecule has 0 amide bonds. The van der Waals surface area contributed by atoms with Gasteiger partial charge in [0.05, 0.1) is 25.1 Å². The van der Waals surface area contributed by atoms with E-state index in [0.29, 0.717) is 22.8 Å². The predicted octanol–water partition coefficient (Wildman–Crippen LogP) is 4.43. The summed E-state index contributed by atoms with van der Waals surface area (Å²) in [5.74, 6) is -0.854. The maximum Gasteiger partial charge on any atom is 0.459 e. The molecule has 0 radical (unpaired) electrons. The van der Waals surface area contributed by atoms with Crippen molar-refractivity contribution in [3.63, 3.8) is 0 Å². The summed E-state index contributed by atoms with van der Waals surface area (Å²) in [5.41, 5.74) is -2.79. The van der Waals surface area contributed by atoms with Crippen LogP contribution in [0.4, 0.5) is 13.2 Å². The quantitative estimate of drug-likeness (QED) is 0.135. The molecule has 0 spiro atoms. The van der Waals surface area contributed by atoms with E-state index in [4.69, 9.17) is 34.9 Å². The zero-order chi connectivity index (χ0) is 33.7. The number of hydrogen-bond acceptors (Lipinski definition) is 11. The minimum absolute atomic E-state index is 0.0402. The molecule has 2 aliphatic heterocycles. The molecule has 6 rings (SSSR count). The lowest BCUT2D eigenvalue weighted by molar-refractivity contribution is -0.152. The van der Waals surface area contributed by atoms with Gasteiger partial charge in [-0.3, -0.25) is 14.2 Å². The maximum atomic E-state index is 14.3. The Morgan fingerprint density at radius 3 is 2.70 bits per heavy atom. The lowest BCUT2D eigenvalue weighted by atomic mass is 9.94. The number of ether oxygens (including phenoxy) is 3. The highest BCUT2D eigenvalue weighted by Gasteiger charge is 2.54. The maximum absolute atomic E-state index is 14.3. The molecule has 0 saturated carbocycles. The number of cyclic esters (lactones) is 1. The van der Waals surface area contributed by atoms with E-state index < -0.39 is 68.7 Å². The van der Waals surface area contributed by atoms with Gasteiger partial charge in [-0.1, -0.05) is 23.7 Å². The molecule has 0 aliphatic carbocycles. The van der Waals surface area contributed by atoms with E-state index in [0.717, 1.165) is 12.1 Å². The van der Waals surface area contributed by atoms with Gasteiger partial charge < -0.3 is 28.9 Å². The van der Waals surface area contributed by atoms with Gasteiger partial charge in [0.1, 0.15) is 36.2 Å². The van der Waals surface area contributed by atoms with Crippen molar-refractivity contribution in [3.05, 3.63) is 70.5 Å². The van der Waals surface area contributed by atoms with Gasteiger partial charge >= 0.3 is 19.9 Å². The normalized spacial score (nSPS) is 25.7. The molecule has 2 aliphatic rings. The molecular weight excluding hydrogens is 674 g/mol. The Labute approximate surface area is 269 Å². The third-order valence-electron chi connectivity index (χ3n) is 7.71. The van der Waals surface area contributed by atoms with Crippen LogP contribution in [0.25, 0.3) is 11.2 Å². The Morgan fingerprint density at radius 1 is 1.26 bits per heavy atom. The van der Waals surface area contributed by atoms with Crippen molar-refractivity contribution in [2.45, 2.75) is 56.7 Å². The number of nitrogens with zero attached hydrogens (tertiary/aromatic N) is 3. The zero-order valence-electron chi connectivity index (χ0n) is 24.6. The highest BCUT2D eigenvalue weighted by molar-refractivity contribution is 7.52. The van der Waals surface area contributed by atoms with Crippen LogP contribution in [0.2, 0.25) is 5.02 Å². The fourth-order valence-corrected chi connectivity index (χ4v) is 7.02. The van der Waals surface area contributed by atoms with E-state index >= 15 is 0 Å². The number of esters is 1. The van der Waals surface area contributed by atoms with Gasteiger partial charge in [0.2, 0.25) is 0 Å². The largest absolute Gasteiger partial charge is 0.475 e. The standard InChI is InChI=1S/C28H28ClF3N5O9P/c1-3-42-24-21-23(34-35-24)37(13-33-21)26-27(2,40)22(38)19(45-26)12-44-47(41,46-15-9-7-14(29)8-10-15)36-20-16-5-4-6-18(28(30,31)32)17(16)11-43-25(20)39/h4-10,13,19-20,22,26,38,40H,3,11-12H2,1-2H3,(H,34,35)(H,36,41)/t19?,20?,22-,26?,27-,47?/m1/s1. The van der Waals surface area contributed by atoms with Gasteiger partial charge in [-0.05, 0) is 49.7 Å². The molecule has 2 aromatic heterocycles. The lowest BCUT2D eigenvalue weighted by Gasteiger charge is -2.30. The number of aliphatic hydroxyl groups excluding tert-OH is 1. The van der Waals surface area contributed by atoms with Crippen LogP contribution in [0.1, 0.15) is 42.8 Å². The van der Waals surface area contributed by atoms with Gasteiger partial charge in [-0.25, -0.2) is 14.3 Å². The van der Waals surface area contributed by atoms with Gasteiger partial charge in [0, 0.05) is 10.6 Å². The van der Waals surface area contributed by atoms with Crippen molar-refractivity contribution < 1.29 is 56.0 Å². The van der Waals surface area contributed by atoms with Crippen molar-refractivity contribution in [3.8, 4) is 11.6 Å². The van der Waals surface area contributed by atoms with E-state index in [1.54, 1.807) is 6.92 Å². The molecule has 6 atom stereocenters. The van der Waals surface area contributed by atoms with E-state index in [1.165, 1.54) is 48.1 Å². The number of aromatic nitrogens is 4. The minimum Gasteiger partial charge on any atom is -0.475 e. The van der Waals surface area contributed by atoms with Gasteiger partial charge in [-0.15, -0.1) is 5.10 Å². The summed E-state index contributed by atoms with van der Waals surface area (Å²) < 4.78 is 84.7. The predicted molar refractivity (Wildman–Crippen MR) is 156 cm³/mol. The number of benzene rings is 2. The number of nitrogens with one attached hydrogen (secondary N) is 2. The molecule has 1 saturated heterocycles. The summed E-state index contributed by atoms with van der Waals surface area (Å²) in [6, 6.07) is 7.04. The second-order valence-electron chi connectivity index (χ2n) is 10.9. The van der Waals surface area contributed by atoms with Crippen LogP contribution in [0.5, 0.6) is 11.6 Å². The minimum atomic E-state index is -4.76. The van der Waals surface area contributed by atoms with Crippen LogP contribution < -0.4 is 14.3 Å². The number of carbonyl (C=O) groups excluding carboxylic acids is 1. The second-order valence-corrected chi connectivity index (χ2v) is 13.0. The van der Waals surface area contributed by atoms with Crippen LogP contribution >= 0.6 is 19.3 Å². The number of halogens is 4. The SMILES string of the molecule is CCOc1n[nH]c2c1ncn2C1OC(COP(=O)(NC2C(=O)OCc3c2cccc3C(F)(F)F)Oc2ccc(Cl)cc2)[C@@H](O)[C@@]1(C)O. The summed E-state index contributed by atoms with van der Waals surface area (Å²) in [4.78, 5) is 17.1. The van der Waals surface area contributed by atoms with E-state index in [9.17, 15) is 32.7 Å². The number of aromatic amines is 1. The highest BCUT2D eigenvalue weighted by atomic mass is 35.5. The molecule has 2 aromatic carbocycles. The second kappa shape index (κ2) is 12.4. The van der Waals surface area contributed by atoms with Gasteiger partial charge in [-0.2, -0.15) is 18.3 Å². The molecule has 14 nitrogen and oxygen atoms in total. The number of rotatable bonds is 10. The van der Waals surface area contributed by atoms with Crippen molar-refractivity contribution in [1.29, 1.82) is 0 Å². The highest BCUT2D eigenvalue weighted by Crippen LogP contribution is 2.50. The first-order valence-corrected chi connectivity index (χ1v) is 16.1. The summed E-state index contributed by atoms with van der Waals surface area (Å²) in [5, 5.41) is 31.9. The van der Waals surface area contributed by atoms with Crippen molar-refractivity contribution >= 4 is 36.5 Å². The molecule has 4 heterocycles. The Balaban J connectivity index is 1.28. The number of aliphatic hydroxyl groups is 2. The van der Waals surface area contributed by atoms with E-state index in [-0.39, 0.29) is 22.8 Å². The average Bonchev–Trinajstić information content (AvgIpc) is 3.67. The first-order valence-electron chi connectivity index (χ1n) is 14.1. The summed E-state index contributed by atoms with van der Waals surface area (Å²) >= 11 is 5.95. The van der Waals surface area contributed by atoms with Crippen LogP contribution in [0.15, 0.2) is 48.8 Å². The van der Waals surface area contributed by atoms with Crippen molar-refractivity contribution in [2.75, 3.05) is 13.2 Å². The Kier molecular flexibility index (Phi) is 8.76. The average molecular weight is 702 g/mol. The topological polar surface area (TPSA) is 179 Å². The summed E-state index contributed by atoms with van der Waals surface area (Å²) in [6.07, 6.45) is -7.63. The van der Waals surface area contributed by atoms with Crippen LogP contribution in [-0.2, 0) is 36.1 Å². The zero-order valence-corrected chi connectivity index (χ0v) is 26.3. The van der Waals surface area contributed by atoms with Crippen LogP contribution in [0.3, 0.4) is 0 Å². The first-order chi connectivity index (χ1) is 22.2. The number of fused-ring (bicyclic) bond motifs is 2. The molecule has 19 heteroatoms. The summed E-state index contributed by atoms with van der Waals surface area (Å²) in [6.45, 7) is 2.05. The molecule has 252 valence electrons. The Hall–Kier alpha value is -3.70. The van der Waals surface area contributed by atoms with Gasteiger partial charge in [0.15, 0.2) is 17.4 Å². The first kappa shape index (κ1) is 33.2. The van der Waals surface area contributed by atoms with Crippen molar-refractivity contribution in [1.82, 2.24) is 24.8 Å². The van der Waals surface area contributed by atoms with Gasteiger partial charge in [0.25, 0.3) is 5.88 Å². The third kappa shape index (κ3) is 6.32. The lowest BCUT2D eigenvalue weighted by Crippen LogP contribution is -2.44. The van der Waals surface area contributed by atoms with Crippen LogP contribution in [-0.4, -0.2) is 67.0 Å². The van der Waals surface area contributed by atoms with Crippen molar-refractivity contribution in [2.24, 2.45) is 0 Å². The number of H-pyrrole nitrogens is 1. The van der Waals surface area contributed by atoms with E-state index in [2.05, 4.69) is 20.3 Å². The number of carbonyl (C=O) groups is 1.